The van der Waals surface area contributed by atoms with Gasteiger partial charge in [0.05, 0.1) is 5.92 Å². The molecule has 1 saturated heterocycles. The number of nitrogens with zero attached hydrogens (tertiary/aromatic N) is 1. The summed E-state index contributed by atoms with van der Waals surface area (Å²) in [4.78, 5) is 1.98. The Kier molecular flexibility index (Phi) is 5.92. The largest absolute Gasteiger partial charge is 0.393 e. The van der Waals surface area contributed by atoms with Crippen LogP contribution < -0.4 is 5.32 Å². The zero-order chi connectivity index (χ0) is 13.8. The van der Waals surface area contributed by atoms with Crippen LogP contribution in [0.25, 0.3) is 0 Å². The molecule has 0 aromatic heterocycles. The van der Waals surface area contributed by atoms with Crippen molar-refractivity contribution in [3.63, 3.8) is 0 Å². The van der Waals surface area contributed by atoms with Crippen LogP contribution >= 0.6 is 0 Å². The van der Waals surface area contributed by atoms with Gasteiger partial charge in [-0.2, -0.15) is 13.2 Å². The van der Waals surface area contributed by atoms with Crippen LogP contribution in [0.4, 0.5) is 13.2 Å². The summed E-state index contributed by atoms with van der Waals surface area (Å²) in [5.41, 5.74) is 0. The van der Waals surface area contributed by atoms with E-state index in [0.29, 0.717) is 6.42 Å². The van der Waals surface area contributed by atoms with Gasteiger partial charge in [0.1, 0.15) is 0 Å². The molecule has 18 heavy (non-hydrogen) atoms. The van der Waals surface area contributed by atoms with Crippen LogP contribution in [0.15, 0.2) is 0 Å². The fourth-order valence-electron chi connectivity index (χ4n) is 2.50. The number of hydrogen-bond acceptors (Lipinski definition) is 2. The molecule has 0 saturated carbocycles. The maximum atomic E-state index is 12.7. The Morgan fingerprint density at radius 2 is 2.00 bits per heavy atom. The van der Waals surface area contributed by atoms with Crippen molar-refractivity contribution < 1.29 is 13.2 Å². The molecule has 1 N–H and O–H groups in total. The molecular formula is C13H25F3N2. The molecule has 5 heteroatoms. The molecule has 1 aliphatic heterocycles. The molecule has 0 radical (unpaired) electrons. The van der Waals surface area contributed by atoms with Crippen LogP contribution in [0.3, 0.4) is 0 Å². The first-order chi connectivity index (χ1) is 8.36. The standard InChI is InChI=1S/C13H25F3N2/c1-4-7-17-10(2)11(3)18-8-5-6-12(9-18)13(14,15)16/h10-12,17H,4-9H2,1-3H3. The second-order valence-corrected chi connectivity index (χ2v) is 5.36. The van der Waals surface area contributed by atoms with Crippen molar-refractivity contribution >= 4 is 0 Å². The zero-order valence-electron chi connectivity index (χ0n) is 11.6. The molecule has 0 aromatic rings. The van der Waals surface area contributed by atoms with E-state index in [0.717, 1.165) is 19.5 Å². The Balaban J connectivity index is 2.50. The SMILES string of the molecule is CCCNC(C)C(C)N1CCCC(C(F)(F)F)C1. The predicted molar refractivity (Wildman–Crippen MR) is 67.6 cm³/mol. The molecule has 0 aromatic carbocycles. The van der Waals surface area contributed by atoms with Crippen molar-refractivity contribution in [2.24, 2.45) is 5.92 Å². The van der Waals surface area contributed by atoms with E-state index in [9.17, 15) is 13.2 Å². The number of alkyl halides is 3. The van der Waals surface area contributed by atoms with Crippen LogP contribution in [-0.4, -0.2) is 42.8 Å². The lowest BCUT2D eigenvalue weighted by molar-refractivity contribution is -0.188. The third kappa shape index (κ3) is 4.43. The van der Waals surface area contributed by atoms with Crippen LogP contribution in [0.1, 0.15) is 40.0 Å². The van der Waals surface area contributed by atoms with Gasteiger partial charge >= 0.3 is 6.18 Å². The Morgan fingerprint density at radius 3 is 2.56 bits per heavy atom. The van der Waals surface area contributed by atoms with E-state index in [1.165, 1.54) is 0 Å². The van der Waals surface area contributed by atoms with E-state index >= 15 is 0 Å². The van der Waals surface area contributed by atoms with E-state index in [1.807, 2.05) is 11.8 Å². The predicted octanol–water partition coefficient (Wildman–Crippen LogP) is 3.04. The summed E-state index contributed by atoms with van der Waals surface area (Å²) in [6, 6.07) is 0.388. The molecule has 3 unspecified atom stereocenters. The highest BCUT2D eigenvalue weighted by Gasteiger charge is 2.42. The normalized spacial score (nSPS) is 26.0. The quantitative estimate of drug-likeness (QED) is 0.823. The topological polar surface area (TPSA) is 15.3 Å². The molecular weight excluding hydrogens is 241 g/mol. The first kappa shape index (κ1) is 15.8. The maximum absolute atomic E-state index is 12.7. The maximum Gasteiger partial charge on any atom is 0.393 e. The van der Waals surface area contributed by atoms with Gasteiger partial charge < -0.3 is 5.32 Å². The van der Waals surface area contributed by atoms with Gasteiger partial charge in [-0.1, -0.05) is 6.92 Å². The van der Waals surface area contributed by atoms with Crippen molar-refractivity contribution in [3.05, 3.63) is 0 Å². The number of piperidine rings is 1. The average molecular weight is 266 g/mol. The fourth-order valence-corrected chi connectivity index (χ4v) is 2.50. The lowest BCUT2D eigenvalue weighted by Gasteiger charge is -2.40. The van der Waals surface area contributed by atoms with Gasteiger partial charge in [0, 0.05) is 18.6 Å². The van der Waals surface area contributed by atoms with Gasteiger partial charge in [0.25, 0.3) is 0 Å². The Bertz CT molecular complexity index is 243. The summed E-state index contributed by atoms with van der Waals surface area (Å²) >= 11 is 0. The first-order valence-corrected chi connectivity index (χ1v) is 6.90. The van der Waals surface area contributed by atoms with Crippen molar-refractivity contribution in [2.45, 2.75) is 58.3 Å². The van der Waals surface area contributed by atoms with Gasteiger partial charge in [0.15, 0.2) is 0 Å². The van der Waals surface area contributed by atoms with Gasteiger partial charge in [-0.25, -0.2) is 0 Å². The van der Waals surface area contributed by atoms with E-state index in [2.05, 4.69) is 19.2 Å². The van der Waals surface area contributed by atoms with Crippen LogP contribution in [0, 0.1) is 5.92 Å². The van der Waals surface area contributed by atoms with Gasteiger partial charge in [-0.05, 0) is 46.2 Å². The van der Waals surface area contributed by atoms with E-state index in [-0.39, 0.29) is 25.0 Å². The lowest BCUT2D eigenvalue weighted by atomic mass is 9.95. The number of rotatable bonds is 5. The summed E-state index contributed by atoms with van der Waals surface area (Å²) in [6.07, 6.45) is -2.07. The molecule has 1 rings (SSSR count). The van der Waals surface area contributed by atoms with Crippen LogP contribution in [-0.2, 0) is 0 Å². The third-order valence-electron chi connectivity index (χ3n) is 3.93. The lowest BCUT2D eigenvalue weighted by Crippen LogP contribution is -2.52. The number of nitrogens with one attached hydrogen (secondary N) is 1. The zero-order valence-corrected chi connectivity index (χ0v) is 11.6. The van der Waals surface area contributed by atoms with Gasteiger partial charge in [0.2, 0.25) is 0 Å². The molecule has 0 aliphatic carbocycles. The Hall–Kier alpha value is -0.290. The summed E-state index contributed by atoms with van der Waals surface area (Å²) in [5.74, 6) is -1.15. The highest BCUT2D eigenvalue weighted by atomic mass is 19.4. The van der Waals surface area contributed by atoms with E-state index < -0.39 is 12.1 Å². The number of hydrogen-bond donors (Lipinski definition) is 1. The summed E-state index contributed by atoms with van der Waals surface area (Å²) in [7, 11) is 0. The molecule has 1 heterocycles. The highest BCUT2D eigenvalue weighted by molar-refractivity contribution is 4.84. The molecule has 1 fully saturated rings. The molecule has 1 aliphatic rings. The minimum atomic E-state index is -4.04. The summed E-state index contributed by atoms with van der Waals surface area (Å²) in [6.45, 7) is 8.02. The second kappa shape index (κ2) is 6.75. The Morgan fingerprint density at radius 1 is 1.33 bits per heavy atom. The molecule has 2 nitrogen and oxygen atoms in total. The third-order valence-corrected chi connectivity index (χ3v) is 3.93. The van der Waals surface area contributed by atoms with E-state index in [1.54, 1.807) is 0 Å². The number of likely N-dealkylation sites (tertiary alicyclic amines) is 1. The molecule has 0 spiro atoms. The monoisotopic (exact) mass is 266 g/mol. The highest BCUT2D eigenvalue weighted by Crippen LogP contribution is 2.33. The first-order valence-electron chi connectivity index (χ1n) is 6.90. The Labute approximate surface area is 108 Å². The van der Waals surface area contributed by atoms with E-state index in [4.69, 9.17) is 0 Å². The van der Waals surface area contributed by atoms with Crippen molar-refractivity contribution in [3.8, 4) is 0 Å². The molecule has 3 atom stereocenters. The summed E-state index contributed by atoms with van der Waals surface area (Å²) in [5, 5.41) is 3.36. The van der Waals surface area contributed by atoms with Crippen molar-refractivity contribution in [1.29, 1.82) is 0 Å². The molecule has 108 valence electrons. The van der Waals surface area contributed by atoms with Crippen molar-refractivity contribution in [1.82, 2.24) is 10.2 Å². The fraction of sp³-hybridized carbons (Fsp3) is 1.00. The van der Waals surface area contributed by atoms with Crippen molar-refractivity contribution in [2.75, 3.05) is 19.6 Å². The minimum absolute atomic E-state index is 0.154. The molecule has 0 amide bonds. The van der Waals surface area contributed by atoms with Crippen LogP contribution in [0.5, 0.6) is 0 Å². The summed E-state index contributed by atoms with van der Waals surface area (Å²) < 4.78 is 38.2. The number of halogens is 3. The average Bonchev–Trinajstić information content (AvgIpc) is 2.34. The van der Waals surface area contributed by atoms with Gasteiger partial charge in [-0.3, -0.25) is 4.90 Å². The molecule has 0 bridgehead atoms. The smallest absolute Gasteiger partial charge is 0.313 e. The van der Waals surface area contributed by atoms with Crippen LogP contribution in [0.2, 0.25) is 0 Å². The minimum Gasteiger partial charge on any atom is -0.313 e. The van der Waals surface area contributed by atoms with Gasteiger partial charge in [-0.15, -0.1) is 0 Å². The second-order valence-electron chi connectivity index (χ2n) is 5.36.